The van der Waals surface area contributed by atoms with Gasteiger partial charge in [0.25, 0.3) is 0 Å². The summed E-state index contributed by atoms with van der Waals surface area (Å²) < 4.78 is 7.88. The number of nitrogens with zero attached hydrogens (tertiary/aromatic N) is 3. The first kappa shape index (κ1) is 19.8. The highest BCUT2D eigenvalue weighted by atomic mass is 16.5. The van der Waals surface area contributed by atoms with Gasteiger partial charge in [0, 0.05) is 11.8 Å². The van der Waals surface area contributed by atoms with E-state index in [9.17, 15) is 9.59 Å². The predicted octanol–water partition coefficient (Wildman–Crippen LogP) is 4.15. The minimum absolute atomic E-state index is 0.0892. The molecule has 0 saturated heterocycles. The molecule has 7 nitrogen and oxygen atoms in total. The van der Waals surface area contributed by atoms with E-state index in [-0.39, 0.29) is 18.1 Å². The van der Waals surface area contributed by atoms with E-state index in [0.717, 1.165) is 27.7 Å². The molecule has 3 heterocycles. The van der Waals surface area contributed by atoms with Crippen LogP contribution >= 0.6 is 0 Å². The van der Waals surface area contributed by atoms with Crippen LogP contribution in [0.5, 0.6) is 0 Å². The first-order valence-electron chi connectivity index (χ1n) is 11.1. The average molecular weight is 438 g/mol. The van der Waals surface area contributed by atoms with E-state index in [1.807, 2.05) is 54.6 Å². The Kier molecular flexibility index (Phi) is 4.58. The summed E-state index contributed by atoms with van der Waals surface area (Å²) in [6, 6.07) is 17.9. The van der Waals surface area contributed by atoms with Gasteiger partial charge in [0.05, 0.1) is 36.1 Å². The number of aromatic nitrogens is 3. The zero-order valence-electron chi connectivity index (χ0n) is 17.9. The third kappa shape index (κ3) is 3.41. The lowest BCUT2D eigenvalue weighted by Gasteiger charge is -2.35. The number of hydrogen-bond donors (Lipinski definition) is 1. The van der Waals surface area contributed by atoms with Gasteiger partial charge in [-0.05, 0) is 36.1 Å². The van der Waals surface area contributed by atoms with Crippen molar-refractivity contribution in [2.75, 3.05) is 5.32 Å². The smallest absolute Gasteiger partial charge is 0.236 e. The van der Waals surface area contributed by atoms with E-state index in [1.54, 1.807) is 23.3 Å². The lowest BCUT2D eigenvalue weighted by Crippen LogP contribution is -2.41. The fraction of sp³-hybridized carbons (Fsp3) is 0.231. The quantitative estimate of drug-likeness (QED) is 0.486. The molecule has 2 aliphatic rings. The average Bonchev–Trinajstić information content (AvgIpc) is 3.44. The van der Waals surface area contributed by atoms with Crippen LogP contribution in [0.1, 0.15) is 30.4 Å². The Morgan fingerprint density at radius 3 is 2.88 bits per heavy atom. The van der Waals surface area contributed by atoms with E-state index in [1.165, 1.54) is 0 Å². The predicted molar refractivity (Wildman–Crippen MR) is 123 cm³/mol. The third-order valence-corrected chi connectivity index (χ3v) is 6.72. The van der Waals surface area contributed by atoms with Crippen LogP contribution in [0.3, 0.4) is 0 Å². The summed E-state index contributed by atoms with van der Waals surface area (Å²) in [5.41, 5.74) is 3.38. The molecule has 7 heteroatoms. The molecule has 2 atom stereocenters. The number of benzene rings is 2. The number of anilines is 1. The molecule has 0 unspecified atom stereocenters. The molecular weight excluding hydrogens is 416 g/mol. The molecule has 164 valence electrons. The lowest BCUT2D eigenvalue weighted by molar-refractivity contribution is -0.144. The Hall–Kier alpha value is -3.84. The molecule has 1 fully saturated rings. The zero-order valence-corrected chi connectivity index (χ0v) is 17.9. The summed E-state index contributed by atoms with van der Waals surface area (Å²) in [5.74, 6) is -0.695. The van der Waals surface area contributed by atoms with Crippen LogP contribution in [0.15, 0.2) is 73.3 Å². The molecule has 4 aromatic rings. The number of hydrogen-bond acceptors (Lipinski definition) is 5. The number of ketones is 1. The van der Waals surface area contributed by atoms with Crippen molar-refractivity contribution >= 4 is 28.4 Å². The summed E-state index contributed by atoms with van der Waals surface area (Å²) in [4.78, 5) is 34.7. The van der Waals surface area contributed by atoms with Crippen molar-refractivity contribution < 1.29 is 14.3 Å². The van der Waals surface area contributed by atoms with Gasteiger partial charge in [-0.15, -0.1) is 0 Å². The van der Waals surface area contributed by atoms with Gasteiger partial charge in [-0.2, -0.15) is 0 Å². The van der Waals surface area contributed by atoms with Crippen LogP contribution < -0.4 is 5.32 Å². The standard InChI is InChI=1S/C26H22N4O3/c31-23-12-26(21-7-3-1-6-18(21)15-33-26)10-9-20(23)25(32)29-24-14-30(16-28-24)19-11-17-5-2-4-8-22(17)27-13-19/h1-8,11,13-14,16,20H,9-10,12,15H2,(H,29,32)/t20-,26+/m0/s1. The fourth-order valence-electron chi connectivity index (χ4n) is 4.99. The van der Waals surface area contributed by atoms with E-state index >= 15 is 0 Å². The van der Waals surface area contributed by atoms with Gasteiger partial charge in [-0.3, -0.25) is 14.6 Å². The van der Waals surface area contributed by atoms with Crippen LogP contribution in [-0.2, 0) is 26.5 Å². The maximum atomic E-state index is 13.0. The van der Waals surface area contributed by atoms with Crippen LogP contribution in [0.25, 0.3) is 16.6 Å². The summed E-state index contributed by atoms with van der Waals surface area (Å²) >= 11 is 0. The van der Waals surface area contributed by atoms with Crippen molar-refractivity contribution in [3.05, 3.63) is 84.4 Å². The number of para-hydroxylation sites is 1. The molecule has 1 N–H and O–H groups in total. The molecule has 2 aromatic heterocycles. The van der Waals surface area contributed by atoms with Gasteiger partial charge in [0.15, 0.2) is 5.82 Å². The number of nitrogens with one attached hydrogen (secondary N) is 1. The molecule has 6 rings (SSSR count). The van der Waals surface area contributed by atoms with E-state index in [2.05, 4.69) is 15.3 Å². The number of ether oxygens (including phenoxy) is 1. The highest BCUT2D eigenvalue weighted by Crippen LogP contribution is 2.47. The number of imidazole rings is 1. The van der Waals surface area contributed by atoms with E-state index < -0.39 is 11.5 Å². The Morgan fingerprint density at radius 2 is 1.97 bits per heavy atom. The molecular formula is C26H22N4O3. The largest absolute Gasteiger partial charge is 0.365 e. The molecule has 1 spiro atoms. The first-order valence-corrected chi connectivity index (χ1v) is 11.1. The summed E-state index contributed by atoms with van der Waals surface area (Å²) in [5, 5.41) is 3.83. The number of amides is 1. The SMILES string of the molecule is O=C1C[C@@]2(CC[C@@H]1C(=O)Nc1cn(-c3cnc4ccccc4c3)cn1)OCc1ccccc12. The van der Waals surface area contributed by atoms with Crippen molar-refractivity contribution in [3.63, 3.8) is 0 Å². The Labute approximate surface area is 190 Å². The monoisotopic (exact) mass is 438 g/mol. The molecule has 1 aliphatic heterocycles. The molecule has 1 amide bonds. The van der Waals surface area contributed by atoms with Crippen LogP contribution in [0.2, 0.25) is 0 Å². The highest BCUT2D eigenvalue weighted by molar-refractivity contribution is 6.07. The summed E-state index contributed by atoms with van der Waals surface area (Å²) in [6.07, 6.45) is 6.44. The summed E-state index contributed by atoms with van der Waals surface area (Å²) in [7, 11) is 0. The number of pyridine rings is 1. The van der Waals surface area contributed by atoms with Crippen molar-refractivity contribution in [3.8, 4) is 5.69 Å². The second kappa shape index (κ2) is 7.64. The fourth-order valence-corrected chi connectivity index (χ4v) is 4.99. The van der Waals surface area contributed by atoms with Crippen molar-refractivity contribution in [1.29, 1.82) is 0 Å². The number of rotatable bonds is 3. The van der Waals surface area contributed by atoms with Crippen molar-refractivity contribution in [2.45, 2.75) is 31.5 Å². The Morgan fingerprint density at radius 1 is 1.12 bits per heavy atom. The number of carbonyl (C=O) groups is 2. The molecule has 0 radical (unpaired) electrons. The minimum atomic E-state index is -0.695. The minimum Gasteiger partial charge on any atom is -0.365 e. The Bertz CT molecular complexity index is 1400. The molecule has 1 aliphatic carbocycles. The van der Waals surface area contributed by atoms with Gasteiger partial charge in [-0.1, -0.05) is 42.5 Å². The van der Waals surface area contributed by atoms with Gasteiger partial charge in [0.2, 0.25) is 5.91 Å². The van der Waals surface area contributed by atoms with Gasteiger partial charge < -0.3 is 14.6 Å². The first-order chi connectivity index (χ1) is 16.1. The van der Waals surface area contributed by atoms with Gasteiger partial charge in [-0.25, -0.2) is 4.98 Å². The Balaban J connectivity index is 1.16. The highest BCUT2D eigenvalue weighted by Gasteiger charge is 2.48. The molecule has 1 saturated carbocycles. The zero-order chi connectivity index (χ0) is 22.4. The number of Topliss-reactive ketones (excluding diaryl/α,β-unsaturated/α-hetero) is 1. The molecule has 33 heavy (non-hydrogen) atoms. The summed E-state index contributed by atoms with van der Waals surface area (Å²) in [6.45, 7) is 0.515. The van der Waals surface area contributed by atoms with Crippen molar-refractivity contribution in [1.82, 2.24) is 14.5 Å². The maximum absolute atomic E-state index is 13.0. The van der Waals surface area contributed by atoms with Gasteiger partial charge in [0.1, 0.15) is 17.7 Å². The number of fused-ring (bicyclic) bond motifs is 3. The normalized spacial score (nSPS) is 21.9. The van der Waals surface area contributed by atoms with Crippen LogP contribution in [0.4, 0.5) is 5.82 Å². The topological polar surface area (TPSA) is 86.1 Å². The second-order valence-electron chi connectivity index (χ2n) is 8.72. The lowest BCUT2D eigenvalue weighted by atomic mass is 9.74. The van der Waals surface area contributed by atoms with Crippen LogP contribution in [0, 0.1) is 5.92 Å². The second-order valence-corrected chi connectivity index (χ2v) is 8.72. The third-order valence-electron chi connectivity index (χ3n) is 6.72. The maximum Gasteiger partial charge on any atom is 0.236 e. The van der Waals surface area contributed by atoms with Crippen LogP contribution in [-0.4, -0.2) is 26.2 Å². The number of carbonyl (C=O) groups excluding carboxylic acids is 2. The molecule has 2 aromatic carbocycles. The van der Waals surface area contributed by atoms with E-state index in [4.69, 9.17) is 4.74 Å². The molecule has 0 bridgehead atoms. The van der Waals surface area contributed by atoms with E-state index in [0.29, 0.717) is 25.3 Å². The van der Waals surface area contributed by atoms with Gasteiger partial charge >= 0.3 is 0 Å². The van der Waals surface area contributed by atoms with Crippen molar-refractivity contribution in [2.24, 2.45) is 5.92 Å².